The lowest BCUT2D eigenvalue weighted by molar-refractivity contribution is 0.189. The van der Waals surface area contributed by atoms with Gasteiger partial charge in [0.2, 0.25) is 0 Å². The number of hydrogen-bond donors (Lipinski definition) is 2. The van der Waals surface area contributed by atoms with Crippen molar-refractivity contribution < 1.29 is 10.2 Å². The topological polar surface area (TPSA) is 45.4 Å². The molecule has 0 saturated carbocycles. The summed E-state index contributed by atoms with van der Waals surface area (Å²) < 4.78 is 1.87. The monoisotopic (exact) mass is 257 g/mol. The van der Waals surface area contributed by atoms with Gasteiger partial charge in [-0.3, -0.25) is 0 Å². The third kappa shape index (κ3) is 1.73. The fourth-order valence-electron chi connectivity index (χ4n) is 3.19. The molecule has 2 aliphatic rings. The third-order valence-corrected chi connectivity index (χ3v) is 3.98. The standard InChI is InChI=1S/C16H19NO2/c1-2-5-13-14-8-11-6-3-4-7-12(11)16(14)17(10-19)15(13)9-18/h3-4,6,8,18-19H,2,5,7,9-10H2,1H3. The first kappa shape index (κ1) is 12.5. The highest BCUT2D eigenvalue weighted by Crippen LogP contribution is 2.24. The second-order valence-electron chi connectivity index (χ2n) is 5.04. The lowest BCUT2D eigenvalue weighted by Crippen LogP contribution is -2.30. The van der Waals surface area contributed by atoms with E-state index in [2.05, 4.69) is 31.2 Å². The number of allylic oxidation sites excluding steroid dienone is 4. The zero-order chi connectivity index (χ0) is 13.4. The van der Waals surface area contributed by atoms with Gasteiger partial charge in [-0.1, -0.05) is 31.6 Å². The molecule has 0 bridgehead atoms. The smallest absolute Gasteiger partial charge is 0.120 e. The Hall–Kier alpha value is -1.58. The van der Waals surface area contributed by atoms with Crippen LogP contribution >= 0.6 is 0 Å². The van der Waals surface area contributed by atoms with Crippen molar-refractivity contribution in [3.8, 4) is 0 Å². The van der Waals surface area contributed by atoms with E-state index in [1.807, 2.05) is 4.57 Å². The van der Waals surface area contributed by atoms with Crippen LogP contribution in [0.5, 0.6) is 0 Å². The van der Waals surface area contributed by atoms with Gasteiger partial charge in [0.05, 0.1) is 12.0 Å². The van der Waals surface area contributed by atoms with E-state index >= 15 is 0 Å². The first-order valence-corrected chi connectivity index (χ1v) is 6.85. The molecule has 100 valence electrons. The molecule has 0 amide bonds. The molecule has 0 aromatic carbocycles. The summed E-state index contributed by atoms with van der Waals surface area (Å²) in [7, 11) is 0. The number of fused-ring (bicyclic) bond motifs is 2. The Labute approximate surface area is 112 Å². The van der Waals surface area contributed by atoms with Crippen LogP contribution in [0.15, 0.2) is 23.8 Å². The average Bonchev–Trinajstić information content (AvgIpc) is 2.94. The molecule has 2 N–H and O–H groups in total. The number of nitrogens with zero attached hydrogens (tertiary/aromatic N) is 1. The first-order valence-electron chi connectivity index (χ1n) is 6.85. The van der Waals surface area contributed by atoms with Crippen molar-refractivity contribution in [3.63, 3.8) is 0 Å². The summed E-state index contributed by atoms with van der Waals surface area (Å²) in [5, 5.41) is 21.6. The minimum atomic E-state index is -0.0731. The van der Waals surface area contributed by atoms with Crippen molar-refractivity contribution in [2.24, 2.45) is 0 Å². The zero-order valence-electron chi connectivity index (χ0n) is 11.2. The minimum Gasteiger partial charge on any atom is -0.390 e. The Balaban J connectivity index is 2.36. The molecule has 0 saturated heterocycles. The molecule has 0 fully saturated rings. The van der Waals surface area contributed by atoms with Gasteiger partial charge in [-0.25, -0.2) is 0 Å². The van der Waals surface area contributed by atoms with Crippen molar-refractivity contribution in [2.45, 2.75) is 39.5 Å². The van der Waals surface area contributed by atoms with Crippen molar-refractivity contribution >= 4 is 11.6 Å². The average molecular weight is 257 g/mol. The second kappa shape index (κ2) is 4.83. The first-order chi connectivity index (χ1) is 9.31. The highest BCUT2D eigenvalue weighted by atomic mass is 16.3. The maximum atomic E-state index is 9.67. The maximum absolute atomic E-state index is 9.67. The van der Waals surface area contributed by atoms with Gasteiger partial charge >= 0.3 is 0 Å². The number of aliphatic hydroxyl groups is 2. The molecule has 1 heterocycles. The van der Waals surface area contributed by atoms with E-state index < -0.39 is 0 Å². The van der Waals surface area contributed by atoms with Crippen molar-refractivity contribution in [1.29, 1.82) is 0 Å². The lowest BCUT2D eigenvalue weighted by Gasteiger charge is -2.10. The maximum Gasteiger partial charge on any atom is 0.120 e. The van der Waals surface area contributed by atoms with Gasteiger partial charge in [-0.2, -0.15) is 0 Å². The molecular weight excluding hydrogens is 238 g/mol. The van der Waals surface area contributed by atoms with Crippen LogP contribution in [0.1, 0.15) is 31.0 Å². The van der Waals surface area contributed by atoms with Crippen LogP contribution in [0, 0.1) is 0 Å². The fraction of sp³-hybridized carbons (Fsp3) is 0.375. The number of rotatable bonds is 4. The molecule has 1 aromatic heterocycles. The van der Waals surface area contributed by atoms with Crippen LogP contribution < -0.4 is 10.6 Å². The van der Waals surface area contributed by atoms with Crippen molar-refractivity contribution in [2.75, 3.05) is 0 Å². The number of hydrogen-bond acceptors (Lipinski definition) is 2. The molecule has 1 aromatic rings. The van der Waals surface area contributed by atoms with Gasteiger partial charge in [0.25, 0.3) is 0 Å². The Morgan fingerprint density at radius 1 is 1.32 bits per heavy atom. The predicted molar refractivity (Wildman–Crippen MR) is 75.5 cm³/mol. The molecular formula is C16H19NO2. The van der Waals surface area contributed by atoms with Gasteiger partial charge in [-0.05, 0) is 35.6 Å². The summed E-state index contributed by atoms with van der Waals surface area (Å²) in [4.78, 5) is 0. The SMILES string of the molecule is CCCc1c(CO)n(CO)c2c1=CC1=CC=CCC=21. The normalized spacial score (nSPS) is 16.2. The molecule has 2 aliphatic carbocycles. The molecule has 0 spiro atoms. The number of aromatic nitrogens is 1. The van der Waals surface area contributed by atoms with Crippen LogP contribution in [-0.2, 0) is 19.8 Å². The van der Waals surface area contributed by atoms with E-state index in [-0.39, 0.29) is 13.3 Å². The quantitative estimate of drug-likeness (QED) is 0.834. The van der Waals surface area contributed by atoms with Crippen LogP contribution in [-0.4, -0.2) is 14.8 Å². The molecule has 19 heavy (non-hydrogen) atoms. The lowest BCUT2D eigenvalue weighted by atomic mass is 10.0. The highest BCUT2D eigenvalue weighted by molar-refractivity contribution is 5.84. The Kier molecular flexibility index (Phi) is 3.17. The second-order valence-corrected chi connectivity index (χ2v) is 5.04. The fourth-order valence-corrected chi connectivity index (χ4v) is 3.19. The van der Waals surface area contributed by atoms with E-state index in [9.17, 15) is 10.2 Å². The van der Waals surface area contributed by atoms with Crippen LogP contribution in [0.4, 0.5) is 0 Å². The van der Waals surface area contributed by atoms with Gasteiger partial charge in [0.15, 0.2) is 0 Å². The van der Waals surface area contributed by atoms with E-state index in [0.29, 0.717) is 0 Å². The van der Waals surface area contributed by atoms with Gasteiger partial charge in [0.1, 0.15) is 6.73 Å². The summed E-state index contributed by atoms with van der Waals surface area (Å²) in [5.74, 6) is 0. The molecule has 0 radical (unpaired) electrons. The summed E-state index contributed by atoms with van der Waals surface area (Å²) in [6.45, 7) is 2.05. The molecule has 0 atom stereocenters. The third-order valence-electron chi connectivity index (χ3n) is 3.98. The Morgan fingerprint density at radius 2 is 2.16 bits per heavy atom. The van der Waals surface area contributed by atoms with Gasteiger partial charge < -0.3 is 14.8 Å². The van der Waals surface area contributed by atoms with E-state index in [0.717, 1.165) is 30.3 Å². The van der Waals surface area contributed by atoms with Crippen molar-refractivity contribution in [1.82, 2.24) is 4.57 Å². The molecule has 3 nitrogen and oxygen atoms in total. The van der Waals surface area contributed by atoms with Crippen molar-refractivity contribution in [3.05, 3.63) is 45.6 Å². The molecule has 0 unspecified atom stereocenters. The zero-order valence-corrected chi connectivity index (χ0v) is 11.2. The van der Waals surface area contributed by atoms with E-state index in [1.54, 1.807) is 0 Å². The summed E-state index contributed by atoms with van der Waals surface area (Å²) in [6.07, 6.45) is 11.4. The predicted octanol–water partition coefficient (Wildman–Crippen LogP) is 0.714. The Morgan fingerprint density at radius 3 is 2.84 bits per heavy atom. The molecule has 3 heteroatoms. The summed E-state index contributed by atoms with van der Waals surface area (Å²) in [5.41, 5.74) is 4.57. The summed E-state index contributed by atoms with van der Waals surface area (Å²) in [6, 6.07) is 0. The minimum absolute atomic E-state index is 0.0150. The largest absolute Gasteiger partial charge is 0.390 e. The van der Waals surface area contributed by atoms with E-state index in [1.165, 1.54) is 21.9 Å². The van der Waals surface area contributed by atoms with Gasteiger partial charge in [-0.15, -0.1) is 0 Å². The van der Waals surface area contributed by atoms with Crippen LogP contribution in [0.3, 0.4) is 0 Å². The van der Waals surface area contributed by atoms with Crippen LogP contribution in [0.25, 0.3) is 11.6 Å². The van der Waals surface area contributed by atoms with Gasteiger partial charge in [0, 0.05) is 10.9 Å². The molecule has 0 aliphatic heterocycles. The molecule has 3 rings (SSSR count). The van der Waals surface area contributed by atoms with Crippen LogP contribution in [0.2, 0.25) is 0 Å². The Bertz CT molecular complexity index is 689. The van der Waals surface area contributed by atoms with E-state index in [4.69, 9.17) is 0 Å². The highest BCUT2D eigenvalue weighted by Gasteiger charge is 2.21. The number of aliphatic hydroxyl groups excluding tert-OH is 2. The summed E-state index contributed by atoms with van der Waals surface area (Å²) >= 11 is 0.